The van der Waals surface area contributed by atoms with Gasteiger partial charge in [-0.3, -0.25) is 9.69 Å². The number of fused-ring (bicyclic) bond motifs is 1. The molecule has 0 spiro atoms. The first kappa shape index (κ1) is 18.2. The Labute approximate surface area is 168 Å². The smallest absolute Gasteiger partial charge is 0.343 e. The molecule has 5 nitrogen and oxygen atoms in total. The Kier molecular flexibility index (Phi) is 4.91. The van der Waals surface area contributed by atoms with E-state index in [-0.39, 0.29) is 5.91 Å². The Hall–Kier alpha value is -4.17. The van der Waals surface area contributed by atoms with Gasteiger partial charge in [0.1, 0.15) is 11.8 Å². The van der Waals surface area contributed by atoms with Gasteiger partial charge in [-0.25, -0.2) is 4.79 Å². The first-order valence-electron chi connectivity index (χ1n) is 9.04. The van der Waals surface area contributed by atoms with Crippen molar-refractivity contribution in [2.24, 2.45) is 0 Å². The quantitative estimate of drug-likeness (QED) is 0.492. The molecule has 29 heavy (non-hydrogen) atoms. The molecule has 1 atom stereocenters. The minimum Gasteiger partial charge on any atom is -0.423 e. The van der Waals surface area contributed by atoms with Crippen molar-refractivity contribution in [2.45, 2.75) is 6.04 Å². The number of benzene rings is 3. The van der Waals surface area contributed by atoms with E-state index in [9.17, 15) is 14.9 Å². The zero-order valence-corrected chi connectivity index (χ0v) is 15.4. The van der Waals surface area contributed by atoms with Gasteiger partial charge in [0.2, 0.25) is 0 Å². The molecule has 1 unspecified atom stereocenters. The number of esters is 1. The average molecular weight is 380 g/mol. The van der Waals surface area contributed by atoms with Crippen LogP contribution in [0, 0.1) is 11.3 Å². The molecule has 5 heteroatoms. The lowest BCUT2D eigenvalue weighted by Gasteiger charge is -2.29. The average Bonchev–Trinajstić information content (AvgIpc) is 2.79. The molecule has 0 N–H and O–H groups in total. The van der Waals surface area contributed by atoms with Gasteiger partial charge in [0, 0.05) is 17.3 Å². The van der Waals surface area contributed by atoms with Crippen LogP contribution in [0.5, 0.6) is 5.75 Å². The van der Waals surface area contributed by atoms with Gasteiger partial charge >= 0.3 is 5.97 Å². The zero-order chi connectivity index (χ0) is 20.2. The fourth-order valence-corrected chi connectivity index (χ4v) is 3.19. The van der Waals surface area contributed by atoms with Crippen molar-refractivity contribution in [1.82, 2.24) is 4.90 Å². The van der Waals surface area contributed by atoms with Crippen molar-refractivity contribution >= 4 is 18.0 Å². The van der Waals surface area contributed by atoms with Gasteiger partial charge in [-0.05, 0) is 48.0 Å². The molecule has 3 aromatic carbocycles. The van der Waals surface area contributed by atoms with Gasteiger partial charge < -0.3 is 4.74 Å². The maximum Gasteiger partial charge on any atom is 0.343 e. The van der Waals surface area contributed by atoms with Crippen LogP contribution >= 0.6 is 0 Å². The number of hydrogen-bond donors (Lipinski definition) is 0. The lowest BCUT2D eigenvalue weighted by molar-refractivity contribution is 0.0731. The van der Waals surface area contributed by atoms with Crippen molar-refractivity contribution in [1.29, 1.82) is 5.26 Å². The highest BCUT2D eigenvalue weighted by molar-refractivity contribution is 5.96. The summed E-state index contributed by atoms with van der Waals surface area (Å²) in [6.07, 6.45) is 3.38. The lowest BCUT2D eigenvalue weighted by Crippen LogP contribution is -2.31. The van der Waals surface area contributed by atoms with E-state index in [4.69, 9.17) is 4.74 Å². The van der Waals surface area contributed by atoms with E-state index in [1.54, 1.807) is 79.0 Å². The van der Waals surface area contributed by atoms with E-state index in [0.29, 0.717) is 22.4 Å². The van der Waals surface area contributed by atoms with Gasteiger partial charge in [0.15, 0.2) is 0 Å². The van der Waals surface area contributed by atoms with E-state index in [2.05, 4.69) is 6.07 Å². The summed E-state index contributed by atoms with van der Waals surface area (Å²) >= 11 is 0. The zero-order valence-electron chi connectivity index (χ0n) is 15.4. The monoisotopic (exact) mass is 380 g/mol. The summed E-state index contributed by atoms with van der Waals surface area (Å²) in [6.45, 7) is 0. The number of ether oxygens (including phenoxy) is 1. The molecule has 3 aromatic rings. The Morgan fingerprint density at radius 2 is 1.55 bits per heavy atom. The Bertz CT molecular complexity index is 1130. The maximum atomic E-state index is 12.9. The molecule has 140 valence electrons. The summed E-state index contributed by atoms with van der Waals surface area (Å²) in [7, 11) is 0. The molecule has 0 bridgehead atoms. The third kappa shape index (κ3) is 3.64. The fourth-order valence-electron chi connectivity index (χ4n) is 3.19. The minimum absolute atomic E-state index is 0.272. The molecule has 4 rings (SSSR count). The van der Waals surface area contributed by atoms with Gasteiger partial charge in [0.05, 0.1) is 11.6 Å². The van der Waals surface area contributed by atoms with Crippen LogP contribution in [0.2, 0.25) is 0 Å². The molecule has 0 aliphatic carbocycles. The summed E-state index contributed by atoms with van der Waals surface area (Å²) in [5.41, 5.74) is 2.33. The molecule has 0 saturated heterocycles. The van der Waals surface area contributed by atoms with E-state index in [1.807, 2.05) is 12.1 Å². The maximum absolute atomic E-state index is 12.9. The molecule has 1 heterocycles. The molecule has 1 aliphatic rings. The molecule has 0 radical (unpaired) electrons. The highest BCUT2D eigenvalue weighted by Gasteiger charge is 2.29. The second-order valence-electron chi connectivity index (χ2n) is 6.47. The van der Waals surface area contributed by atoms with Crippen molar-refractivity contribution in [3.8, 4) is 11.8 Å². The molecular weight excluding hydrogens is 364 g/mol. The number of carbonyl (C=O) groups excluding carboxylic acids is 2. The summed E-state index contributed by atoms with van der Waals surface area (Å²) in [5, 5.41) is 9.77. The van der Waals surface area contributed by atoms with E-state index < -0.39 is 12.0 Å². The predicted molar refractivity (Wildman–Crippen MR) is 108 cm³/mol. The molecular formula is C24H16N2O3. The highest BCUT2D eigenvalue weighted by atomic mass is 16.5. The number of nitrogens with zero attached hydrogens (tertiary/aromatic N) is 2. The number of carbonyl (C=O) groups is 2. The van der Waals surface area contributed by atoms with Crippen LogP contribution in [0.25, 0.3) is 6.08 Å². The van der Waals surface area contributed by atoms with E-state index in [0.717, 1.165) is 5.56 Å². The van der Waals surface area contributed by atoms with Crippen molar-refractivity contribution < 1.29 is 14.3 Å². The van der Waals surface area contributed by atoms with Crippen LogP contribution in [0.1, 0.15) is 37.9 Å². The van der Waals surface area contributed by atoms with Crippen LogP contribution < -0.4 is 4.74 Å². The van der Waals surface area contributed by atoms with Crippen LogP contribution in [0.15, 0.2) is 85.1 Å². The van der Waals surface area contributed by atoms with E-state index in [1.165, 1.54) is 4.90 Å². The second kappa shape index (κ2) is 7.83. The lowest BCUT2D eigenvalue weighted by atomic mass is 9.96. The highest BCUT2D eigenvalue weighted by Crippen LogP contribution is 2.33. The number of hydrogen-bond acceptors (Lipinski definition) is 4. The Morgan fingerprint density at radius 1 is 0.897 bits per heavy atom. The number of nitriles is 1. The molecule has 0 fully saturated rings. The molecule has 0 aromatic heterocycles. The summed E-state index contributed by atoms with van der Waals surface area (Å²) in [4.78, 5) is 26.6. The first-order chi connectivity index (χ1) is 14.2. The Balaban J connectivity index is 1.63. The van der Waals surface area contributed by atoms with E-state index >= 15 is 0 Å². The Morgan fingerprint density at radius 3 is 2.21 bits per heavy atom. The van der Waals surface area contributed by atoms with Crippen LogP contribution in [-0.4, -0.2) is 16.8 Å². The van der Waals surface area contributed by atoms with Gasteiger partial charge in [-0.15, -0.1) is 0 Å². The molecule has 1 amide bonds. The topological polar surface area (TPSA) is 70.4 Å². The normalized spacial score (nSPS) is 14.6. The van der Waals surface area contributed by atoms with Gasteiger partial charge in [-0.2, -0.15) is 5.26 Å². The van der Waals surface area contributed by atoms with Gasteiger partial charge in [-0.1, -0.05) is 42.5 Å². The number of rotatable bonds is 3. The van der Waals surface area contributed by atoms with Gasteiger partial charge in [0.25, 0.3) is 5.91 Å². The van der Waals surface area contributed by atoms with Crippen LogP contribution in [0.4, 0.5) is 0 Å². The van der Waals surface area contributed by atoms with Crippen molar-refractivity contribution in [3.05, 3.63) is 107 Å². The SMILES string of the molecule is N#CC1c2cc(OC(=O)c3ccccc3)ccc2C=CN1C(=O)c1ccccc1. The van der Waals surface area contributed by atoms with Crippen molar-refractivity contribution in [3.63, 3.8) is 0 Å². The summed E-state index contributed by atoms with van der Waals surface area (Å²) in [5.74, 6) is -0.436. The molecule has 0 saturated carbocycles. The van der Waals surface area contributed by atoms with Crippen LogP contribution in [0.3, 0.4) is 0 Å². The first-order valence-corrected chi connectivity index (χ1v) is 9.04. The predicted octanol–water partition coefficient (Wildman–Crippen LogP) is 4.60. The molecule has 1 aliphatic heterocycles. The number of amides is 1. The standard InChI is InChI=1S/C24H16N2O3/c25-16-22-21-15-20(29-24(28)19-9-5-2-6-10-19)12-11-17(21)13-14-26(22)23(27)18-7-3-1-4-8-18/h1-15,22H. The largest absolute Gasteiger partial charge is 0.423 e. The third-order valence-electron chi connectivity index (χ3n) is 4.64. The van der Waals surface area contributed by atoms with Crippen LogP contribution in [-0.2, 0) is 0 Å². The summed E-state index contributed by atoms with van der Waals surface area (Å²) in [6, 6.07) is 23.9. The fraction of sp³-hybridized carbons (Fsp3) is 0.0417. The third-order valence-corrected chi connectivity index (χ3v) is 4.64. The summed E-state index contributed by atoms with van der Waals surface area (Å²) < 4.78 is 5.46. The second-order valence-corrected chi connectivity index (χ2v) is 6.47. The minimum atomic E-state index is -0.821. The van der Waals surface area contributed by atoms with Crippen molar-refractivity contribution in [2.75, 3.05) is 0 Å².